The molecule has 62 valence electrons. The summed E-state index contributed by atoms with van der Waals surface area (Å²) >= 11 is 2.45. The molecule has 0 heterocycles. The van der Waals surface area contributed by atoms with Gasteiger partial charge in [0.1, 0.15) is 0 Å². The van der Waals surface area contributed by atoms with Gasteiger partial charge in [0.2, 0.25) is 0 Å². The number of hydrogen-bond acceptors (Lipinski definition) is 1. The first-order valence-corrected chi connectivity index (χ1v) is 5.49. The first kappa shape index (κ1) is 10.7. The normalized spacial score (nSPS) is 14.1. The fourth-order valence-electron chi connectivity index (χ4n) is 1.16. The van der Waals surface area contributed by atoms with E-state index in [9.17, 15) is 0 Å². The SMILES string of the molecule is CC(C)CC(CI)CCN. The van der Waals surface area contributed by atoms with Crippen molar-refractivity contribution in [3.05, 3.63) is 0 Å². The minimum absolute atomic E-state index is 0.825. The molecule has 0 aliphatic rings. The molecule has 0 aliphatic heterocycles. The first-order valence-electron chi connectivity index (χ1n) is 3.96. The Labute approximate surface area is 77.9 Å². The molecule has 0 fully saturated rings. The van der Waals surface area contributed by atoms with E-state index in [4.69, 9.17) is 5.73 Å². The first-order chi connectivity index (χ1) is 4.70. The van der Waals surface area contributed by atoms with E-state index in [1.165, 1.54) is 17.3 Å². The van der Waals surface area contributed by atoms with Crippen molar-refractivity contribution in [3.63, 3.8) is 0 Å². The third-order valence-electron chi connectivity index (χ3n) is 1.60. The van der Waals surface area contributed by atoms with E-state index >= 15 is 0 Å². The molecule has 0 saturated heterocycles. The molecule has 0 aromatic rings. The van der Waals surface area contributed by atoms with Gasteiger partial charge in [-0.2, -0.15) is 0 Å². The Morgan fingerprint density at radius 1 is 1.40 bits per heavy atom. The predicted molar refractivity (Wildman–Crippen MR) is 55.5 cm³/mol. The molecule has 1 nitrogen and oxygen atoms in total. The lowest BCUT2D eigenvalue weighted by Gasteiger charge is -2.14. The maximum atomic E-state index is 5.48. The van der Waals surface area contributed by atoms with Gasteiger partial charge in [0.15, 0.2) is 0 Å². The minimum Gasteiger partial charge on any atom is -0.330 e. The van der Waals surface area contributed by atoms with Crippen LogP contribution in [0.15, 0.2) is 0 Å². The smallest absolute Gasteiger partial charge is 0.00242 e. The van der Waals surface area contributed by atoms with Gasteiger partial charge in [-0.05, 0) is 31.2 Å². The van der Waals surface area contributed by atoms with Gasteiger partial charge in [-0.15, -0.1) is 0 Å². The van der Waals surface area contributed by atoms with Crippen molar-refractivity contribution < 1.29 is 0 Å². The molecule has 0 spiro atoms. The molecule has 0 amide bonds. The highest BCUT2D eigenvalue weighted by molar-refractivity contribution is 14.1. The summed E-state index contributed by atoms with van der Waals surface area (Å²) < 4.78 is 1.26. The van der Waals surface area contributed by atoms with Gasteiger partial charge in [-0.3, -0.25) is 0 Å². The fourth-order valence-corrected chi connectivity index (χ4v) is 1.96. The average Bonchev–Trinajstić information content (AvgIpc) is 1.86. The minimum atomic E-state index is 0.825. The largest absolute Gasteiger partial charge is 0.330 e. The zero-order chi connectivity index (χ0) is 7.98. The van der Waals surface area contributed by atoms with Crippen molar-refractivity contribution >= 4 is 22.6 Å². The Kier molecular flexibility index (Phi) is 6.85. The molecular weight excluding hydrogens is 237 g/mol. The molecule has 0 saturated carbocycles. The number of rotatable bonds is 5. The van der Waals surface area contributed by atoms with Gasteiger partial charge < -0.3 is 5.73 Å². The molecule has 0 rings (SSSR count). The van der Waals surface area contributed by atoms with Crippen molar-refractivity contribution in [1.29, 1.82) is 0 Å². The zero-order valence-electron chi connectivity index (χ0n) is 6.94. The van der Waals surface area contributed by atoms with Gasteiger partial charge in [0, 0.05) is 4.43 Å². The molecule has 0 aromatic carbocycles. The van der Waals surface area contributed by atoms with E-state index in [0.29, 0.717) is 0 Å². The molecule has 10 heavy (non-hydrogen) atoms. The Balaban J connectivity index is 3.39. The molecule has 0 bridgehead atoms. The van der Waals surface area contributed by atoms with E-state index in [1.54, 1.807) is 0 Å². The van der Waals surface area contributed by atoms with Gasteiger partial charge in [-0.25, -0.2) is 0 Å². The van der Waals surface area contributed by atoms with Crippen LogP contribution < -0.4 is 5.73 Å². The maximum Gasteiger partial charge on any atom is 0.00242 e. The van der Waals surface area contributed by atoms with Crippen LogP contribution in [-0.2, 0) is 0 Å². The van der Waals surface area contributed by atoms with Crippen LogP contribution in [0.4, 0.5) is 0 Å². The van der Waals surface area contributed by atoms with Crippen LogP contribution >= 0.6 is 22.6 Å². The molecule has 0 radical (unpaired) electrons. The zero-order valence-corrected chi connectivity index (χ0v) is 9.10. The second-order valence-electron chi connectivity index (χ2n) is 3.23. The molecule has 0 aromatic heterocycles. The highest BCUT2D eigenvalue weighted by atomic mass is 127. The van der Waals surface area contributed by atoms with Crippen LogP contribution in [-0.4, -0.2) is 11.0 Å². The summed E-state index contributed by atoms with van der Waals surface area (Å²) in [6, 6.07) is 0. The summed E-state index contributed by atoms with van der Waals surface area (Å²) in [6.45, 7) is 5.39. The molecule has 2 N–H and O–H groups in total. The Hall–Kier alpha value is 0.690. The van der Waals surface area contributed by atoms with E-state index in [1.807, 2.05) is 0 Å². The van der Waals surface area contributed by atoms with Crippen LogP contribution in [0.1, 0.15) is 26.7 Å². The van der Waals surface area contributed by atoms with E-state index < -0.39 is 0 Å². The lowest BCUT2D eigenvalue weighted by molar-refractivity contribution is 0.430. The Bertz CT molecular complexity index is 73.7. The number of halogens is 1. The average molecular weight is 255 g/mol. The molecule has 0 aliphatic carbocycles. The van der Waals surface area contributed by atoms with Crippen LogP contribution in [0, 0.1) is 11.8 Å². The summed E-state index contributed by atoms with van der Waals surface area (Å²) in [4.78, 5) is 0. The van der Waals surface area contributed by atoms with Crippen molar-refractivity contribution in [2.75, 3.05) is 11.0 Å². The lowest BCUT2D eigenvalue weighted by Crippen LogP contribution is -2.12. The summed E-state index contributed by atoms with van der Waals surface area (Å²) in [7, 11) is 0. The van der Waals surface area contributed by atoms with E-state index in [-0.39, 0.29) is 0 Å². The second kappa shape index (κ2) is 6.40. The van der Waals surface area contributed by atoms with Gasteiger partial charge in [0.25, 0.3) is 0 Å². The van der Waals surface area contributed by atoms with Crippen LogP contribution in [0.2, 0.25) is 0 Å². The standard InChI is InChI=1S/C8H18IN/c1-7(2)5-8(6-9)3-4-10/h7-8H,3-6,10H2,1-2H3. The third-order valence-corrected chi connectivity index (χ3v) is 2.84. The van der Waals surface area contributed by atoms with Crippen molar-refractivity contribution in [2.45, 2.75) is 26.7 Å². The van der Waals surface area contributed by atoms with Crippen LogP contribution in [0.3, 0.4) is 0 Å². The molecule has 1 unspecified atom stereocenters. The fraction of sp³-hybridized carbons (Fsp3) is 1.00. The summed E-state index contributed by atoms with van der Waals surface area (Å²) in [5, 5.41) is 0. The van der Waals surface area contributed by atoms with Crippen molar-refractivity contribution in [2.24, 2.45) is 17.6 Å². The number of alkyl halides is 1. The number of nitrogens with two attached hydrogens (primary N) is 1. The molecule has 1 atom stereocenters. The summed E-state index contributed by atoms with van der Waals surface area (Å²) in [5.74, 6) is 1.68. The second-order valence-corrected chi connectivity index (χ2v) is 4.11. The quantitative estimate of drug-likeness (QED) is 0.592. The van der Waals surface area contributed by atoms with Gasteiger partial charge in [0.05, 0.1) is 0 Å². The van der Waals surface area contributed by atoms with Gasteiger partial charge in [-0.1, -0.05) is 36.4 Å². The lowest BCUT2D eigenvalue weighted by atomic mass is 9.96. The number of hydrogen-bond donors (Lipinski definition) is 1. The summed E-state index contributed by atoms with van der Waals surface area (Å²) in [5.41, 5.74) is 5.48. The Morgan fingerprint density at radius 3 is 2.30 bits per heavy atom. The highest BCUT2D eigenvalue weighted by Gasteiger charge is 2.07. The van der Waals surface area contributed by atoms with E-state index in [2.05, 4.69) is 36.4 Å². The molecule has 2 heteroatoms. The monoisotopic (exact) mass is 255 g/mol. The Morgan fingerprint density at radius 2 is 2.00 bits per heavy atom. The highest BCUT2D eigenvalue weighted by Crippen LogP contribution is 2.16. The maximum absolute atomic E-state index is 5.48. The topological polar surface area (TPSA) is 26.0 Å². The van der Waals surface area contributed by atoms with Gasteiger partial charge >= 0.3 is 0 Å². The van der Waals surface area contributed by atoms with Crippen molar-refractivity contribution in [3.8, 4) is 0 Å². The molecular formula is C8H18IN. The van der Waals surface area contributed by atoms with Crippen LogP contribution in [0.5, 0.6) is 0 Å². The van der Waals surface area contributed by atoms with Crippen molar-refractivity contribution in [1.82, 2.24) is 0 Å². The van der Waals surface area contributed by atoms with Crippen LogP contribution in [0.25, 0.3) is 0 Å². The summed E-state index contributed by atoms with van der Waals surface area (Å²) in [6.07, 6.45) is 2.53. The third kappa shape index (κ3) is 5.47. The predicted octanol–water partition coefficient (Wildman–Crippen LogP) is 2.43. The van der Waals surface area contributed by atoms with E-state index in [0.717, 1.165) is 18.4 Å².